The van der Waals surface area contributed by atoms with Gasteiger partial charge in [-0.15, -0.1) is 0 Å². The van der Waals surface area contributed by atoms with Crippen molar-refractivity contribution in [3.63, 3.8) is 0 Å². The molecule has 110 valence electrons. The van der Waals surface area contributed by atoms with Gasteiger partial charge in [0.25, 0.3) is 5.91 Å². The molecule has 0 bridgehead atoms. The van der Waals surface area contributed by atoms with Gasteiger partial charge in [0, 0.05) is 12.1 Å². The minimum Gasteiger partial charge on any atom is -0.355 e. The molecule has 0 saturated heterocycles. The molecule has 0 aliphatic carbocycles. The van der Waals surface area contributed by atoms with Gasteiger partial charge in [0.05, 0.1) is 17.5 Å². The lowest BCUT2D eigenvalue weighted by Gasteiger charge is -2.13. The molecule has 2 amide bonds. The number of nitrogens with one attached hydrogen (secondary N) is 3. The van der Waals surface area contributed by atoms with Crippen LogP contribution in [0.5, 0.6) is 0 Å². The van der Waals surface area contributed by atoms with E-state index in [0.717, 1.165) is 5.56 Å². The summed E-state index contributed by atoms with van der Waals surface area (Å²) in [6.45, 7) is 4.00. The van der Waals surface area contributed by atoms with Gasteiger partial charge in [-0.1, -0.05) is 30.3 Å². The second-order valence-electron chi connectivity index (χ2n) is 4.61. The van der Waals surface area contributed by atoms with Crippen molar-refractivity contribution in [2.45, 2.75) is 19.9 Å². The summed E-state index contributed by atoms with van der Waals surface area (Å²) in [6.07, 6.45) is 1.46. The highest BCUT2D eigenvalue weighted by molar-refractivity contribution is 6.01. The second kappa shape index (κ2) is 6.69. The van der Waals surface area contributed by atoms with Crippen molar-refractivity contribution in [3.05, 3.63) is 42.1 Å². The van der Waals surface area contributed by atoms with Crippen molar-refractivity contribution in [1.29, 1.82) is 0 Å². The molecule has 0 aliphatic rings. The van der Waals surface area contributed by atoms with Crippen LogP contribution in [0, 0.1) is 0 Å². The van der Waals surface area contributed by atoms with Gasteiger partial charge < -0.3 is 10.6 Å². The fourth-order valence-corrected chi connectivity index (χ4v) is 1.95. The van der Waals surface area contributed by atoms with Crippen molar-refractivity contribution in [3.8, 4) is 11.3 Å². The molecule has 0 fully saturated rings. The second-order valence-corrected chi connectivity index (χ2v) is 4.61. The molecule has 21 heavy (non-hydrogen) atoms. The van der Waals surface area contributed by atoms with Crippen molar-refractivity contribution >= 4 is 11.8 Å². The van der Waals surface area contributed by atoms with E-state index < -0.39 is 6.04 Å². The number of hydrogen-bond donors (Lipinski definition) is 3. The van der Waals surface area contributed by atoms with E-state index in [0.29, 0.717) is 17.8 Å². The van der Waals surface area contributed by atoms with Crippen LogP contribution in [0.3, 0.4) is 0 Å². The first-order chi connectivity index (χ1) is 10.1. The van der Waals surface area contributed by atoms with E-state index in [1.165, 1.54) is 6.20 Å². The first kappa shape index (κ1) is 14.8. The molecular formula is C15H18N4O2. The van der Waals surface area contributed by atoms with Gasteiger partial charge in [0.15, 0.2) is 0 Å². The van der Waals surface area contributed by atoms with Crippen molar-refractivity contribution in [2.24, 2.45) is 0 Å². The lowest BCUT2D eigenvalue weighted by atomic mass is 10.1. The lowest BCUT2D eigenvalue weighted by molar-refractivity contribution is -0.122. The average Bonchev–Trinajstić information content (AvgIpc) is 2.98. The molecule has 1 aromatic carbocycles. The summed E-state index contributed by atoms with van der Waals surface area (Å²) in [4.78, 5) is 23.9. The first-order valence-electron chi connectivity index (χ1n) is 6.80. The Hall–Kier alpha value is -2.63. The fourth-order valence-electron chi connectivity index (χ4n) is 1.95. The predicted octanol–water partition coefficient (Wildman–Crippen LogP) is 1.33. The molecule has 3 N–H and O–H groups in total. The van der Waals surface area contributed by atoms with Crippen LogP contribution in [0.1, 0.15) is 24.2 Å². The van der Waals surface area contributed by atoms with E-state index in [1.807, 2.05) is 37.3 Å². The molecule has 2 aromatic rings. The zero-order valence-electron chi connectivity index (χ0n) is 12.0. The zero-order chi connectivity index (χ0) is 15.2. The van der Waals surface area contributed by atoms with Crippen LogP contribution < -0.4 is 10.6 Å². The highest BCUT2D eigenvalue weighted by Gasteiger charge is 2.19. The number of likely N-dealkylation sites (N-methyl/N-ethyl adjacent to an activating group) is 1. The molecule has 2 rings (SSSR count). The number of benzene rings is 1. The molecule has 0 spiro atoms. The number of aromatic amines is 1. The number of carbonyl (C=O) groups excluding carboxylic acids is 2. The molecular weight excluding hydrogens is 268 g/mol. The summed E-state index contributed by atoms with van der Waals surface area (Å²) in [7, 11) is 0. The number of hydrogen-bond acceptors (Lipinski definition) is 3. The normalized spacial score (nSPS) is 11.7. The van der Waals surface area contributed by atoms with Gasteiger partial charge in [-0.2, -0.15) is 5.10 Å². The lowest BCUT2D eigenvalue weighted by Crippen LogP contribution is -2.44. The van der Waals surface area contributed by atoms with Gasteiger partial charge >= 0.3 is 0 Å². The van der Waals surface area contributed by atoms with E-state index in [1.54, 1.807) is 6.92 Å². The molecule has 6 heteroatoms. The van der Waals surface area contributed by atoms with Crippen LogP contribution in [-0.4, -0.2) is 34.6 Å². The summed E-state index contributed by atoms with van der Waals surface area (Å²) >= 11 is 0. The minimum absolute atomic E-state index is 0.212. The van der Waals surface area contributed by atoms with Crippen LogP contribution in [-0.2, 0) is 4.79 Å². The Morgan fingerprint density at radius 2 is 2.00 bits per heavy atom. The molecule has 0 radical (unpaired) electrons. The van der Waals surface area contributed by atoms with Crippen LogP contribution in [0.25, 0.3) is 11.3 Å². The monoisotopic (exact) mass is 286 g/mol. The van der Waals surface area contributed by atoms with E-state index in [4.69, 9.17) is 0 Å². The zero-order valence-corrected chi connectivity index (χ0v) is 12.0. The molecule has 1 heterocycles. The van der Waals surface area contributed by atoms with E-state index in [2.05, 4.69) is 20.8 Å². The standard InChI is InChI=1S/C15H18N4O2/c1-3-16-14(20)10(2)18-15(21)12-9-17-19-13(12)11-7-5-4-6-8-11/h4-10H,3H2,1-2H3,(H,16,20)(H,17,19)(H,18,21)/t10-/m1/s1. The predicted molar refractivity (Wildman–Crippen MR) is 79.6 cm³/mol. The van der Waals surface area contributed by atoms with E-state index in [9.17, 15) is 9.59 Å². The van der Waals surface area contributed by atoms with Crippen molar-refractivity contribution in [1.82, 2.24) is 20.8 Å². The summed E-state index contributed by atoms with van der Waals surface area (Å²) in [5, 5.41) is 12.1. The Kier molecular flexibility index (Phi) is 4.71. The Bertz CT molecular complexity index is 622. The van der Waals surface area contributed by atoms with Crippen LogP contribution in [0.2, 0.25) is 0 Å². The molecule has 0 unspecified atom stereocenters. The number of carbonyl (C=O) groups is 2. The quantitative estimate of drug-likeness (QED) is 0.775. The smallest absolute Gasteiger partial charge is 0.255 e. The molecule has 0 saturated carbocycles. The number of amides is 2. The topological polar surface area (TPSA) is 86.9 Å². The number of aromatic nitrogens is 2. The molecule has 1 aromatic heterocycles. The third-order valence-corrected chi connectivity index (χ3v) is 3.04. The Labute approximate surface area is 122 Å². The Morgan fingerprint density at radius 3 is 2.67 bits per heavy atom. The van der Waals surface area contributed by atoms with Gasteiger partial charge in [-0.3, -0.25) is 14.7 Å². The highest BCUT2D eigenvalue weighted by Crippen LogP contribution is 2.20. The highest BCUT2D eigenvalue weighted by atomic mass is 16.2. The van der Waals surface area contributed by atoms with Crippen LogP contribution >= 0.6 is 0 Å². The Balaban J connectivity index is 2.14. The molecule has 0 aliphatic heterocycles. The first-order valence-corrected chi connectivity index (χ1v) is 6.80. The molecule has 1 atom stereocenters. The van der Waals surface area contributed by atoms with Gasteiger partial charge in [0.2, 0.25) is 5.91 Å². The Morgan fingerprint density at radius 1 is 1.29 bits per heavy atom. The van der Waals surface area contributed by atoms with Crippen LogP contribution in [0.15, 0.2) is 36.5 Å². The maximum atomic E-state index is 12.3. The van der Waals surface area contributed by atoms with Crippen molar-refractivity contribution in [2.75, 3.05) is 6.54 Å². The molecule has 6 nitrogen and oxygen atoms in total. The summed E-state index contributed by atoms with van der Waals surface area (Å²) in [5.74, 6) is -0.544. The fraction of sp³-hybridized carbons (Fsp3) is 0.267. The maximum absolute atomic E-state index is 12.3. The third-order valence-electron chi connectivity index (χ3n) is 3.04. The summed E-state index contributed by atoms with van der Waals surface area (Å²) in [6, 6.07) is 8.84. The van der Waals surface area contributed by atoms with Crippen LogP contribution in [0.4, 0.5) is 0 Å². The summed E-state index contributed by atoms with van der Waals surface area (Å²) in [5.41, 5.74) is 1.92. The minimum atomic E-state index is -0.601. The largest absolute Gasteiger partial charge is 0.355 e. The number of H-pyrrole nitrogens is 1. The van der Waals surface area contributed by atoms with E-state index >= 15 is 0 Å². The van der Waals surface area contributed by atoms with Gasteiger partial charge in [-0.25, -0.2) is 0 Å². The number of nitrogens with zero attached hydrogens (tertiary/aromatic N) is 1. The SMILES string of the molecule is CCNC(=O)[C@@H](C)NC(=O)c1cn[nH]c1-c1ccccc1. The average molecular weight is 286 g/mol. The van der Waals surface area contributed by atoms with Gasteiger partial charge in [-0.05, 0) is 13.8 Å². The number of rotatable bonds is 5. The van der Waals surface area contributed by atoms with Crippen molar-refractivity contribution < 1.29 is 9.59 Å². The summed E-state index contributed by atoms with van der Waals surface area (Å²) < 4.78 is 0. The maximum Gasteiger partial charge on any atom is 0.255 e. The third kappa shape index (κ3) is 3.47. The van der Waals surface area contributed by atoms with E-state index in [-0.39, 0.29) is 11.8 Å². The van der Waals surface area contributed by atoms with Gasteiger partial charge in [0.1, 0.15) is 6.04 Å².